The number of β-lactam (4-membered cyclic amide) rings is 1. The number of aliphatic hydroxyl groups is 1. The molecule has 3 aliphatic rings. The number of pyridine rings is 1. The van der Waals surface area contributed by atoms with Crippen molar-refractivity contribution in [2.24, 2.45) is 11.8 Å². The number of thioether (sulfide) groups is 1. The number of carboxylic acid groups (broad SMARTS) is 1. The highest BCUT2D eigenvalue weighted by Gasteiger charge is 2.60. The summed E-state index contributed by atoms with van der Waals surface area (Å²) in [5.41, 5.74) is 0.557. The lowest BCUT2D eigenvalue weighted by Gasteiger charge is -2.46. The van der Waals surface area contributed by atoms with Gasteiger partial charge >= 0.3 is 5.97 Å². The fourth-order valence-electron chi connectivity index (χ4n) is 4.70. The van der Waals surface area contributed by atoms with Gasteiger partial charge in [0.25, 0.3) is 5.91 Å². The van der Waals surface area contributed by atoms with Crippen LogP contribution in [0.15, 0.2) is 35.1 Å². The molecule has 4 rings (SSSR count). The summed E-state index contributed by atoms with van der Waals surface area (Å²) in [5.74, 6) is -2.31. The van der Waals surface area contributed by atoms with E-state index in [0.29, 0.717) is 23.6 Å². The number of fused-ring (bicyclic) bond motifs is 1. The van der Waals surface area contributed by atoms with E-state index in [1.807, 2.05) is 6.92 Å². The van der Waals surface area contributed by atoms with Crippen LogP contribution in [0, 0.1) is 11.8 Å². The number of rotatable bonds is 7. The van der Waals surface area contributed by atoms with Crippen LogP contribution in [0.2, 0.25) is 0 Å². The van der Waals surface area contributed by atoms with Crippen molar-refractivity contribution in [3.63, 3.8) is 0 Å². The number of carbonyl (C=O) groups is 3. The SMILES string of the molecule is C[C@@H](O)[C@H]1C(=O)N2C(C(=O)O)=C(S[C@@H]3CN[C@H](CNC(=O)c4cccnc4)C3)[C@H](C)[C@H]12. The maximum absolute atomic E-state index is 12.4. The summed E-state index contributed by atoms with van der Waals surface area (Å²) in [4.78, 5) is 42.6. The lowest BCUT2D eigenvalue weighted by Crippen LogP contribution is -2.63. The molecule has 1 aromatic rings. The average Bonchev–Trinajstić information content (AvgIpc) is 3.28. The van der Waals surface area contributed by atoms with Gasteiger partial charge in [0, 0.05) is 47.6 Å². The highest BCUT2D eigenvalue weighted by molar-refractivity contribution is 8.03. The van der Waals surface area contributed by atoms with Gasteiger partial charge < -0.3 is 25.7 Å². The van der Waals surface area contributed by atoms with Gasteiger partial charge in [-0.1, -0.05) is 6.92 Å². The van der Waals surface area contributed by atoms with E-state index in [1.165, 1.54) is 22.9 Å². The Bertz CT molecular complexity index is 922. The number of aliphatic carboxylic acids is 1. The third-order valence-electron chi connectivity index (χ3n) is 6.22. The summed E-state index contributed by atoms with van der Waals surface area (Å²) >= 11 is 1.50. The minimum atomic E-state index is -1.11. The van der Waals surface area contributed by atoms with Gasteiger partial charge in [-0.25, -0.2) is 4.79 Å². The number of hydrogen-bond donors (Lipinski definition) is 4. The van der Waals surface area contributed by atoms with Gasteiger partial charge in [0.2, 0.25) is 5.91 Å². The topological polar surface area (TPSA) is 132 Å². The standard InChI is InChI=1S/C21H26N4O5S/c1-10-16-15(11(2)26)20(28)25(16)17(21(29)30)18(10)31-14-6-13(23-9-14)8-24-19(27)12-4-3-5-22-7-12/h3-5,7,10-11,13-16,23,26H,6,8-9H2,1-2H3,(H,24,27)(H,29,30)/t10-,11-,13+,14+,15-,16-/m1/s1. The quantitative estimate of drug-likeness (QED) is 0.444. The molecular formula is C21H26N4O5S. The number of carboxylic acids is 1. The Labute approximate surface area is 184 Å². The number of aliphatic hydroxyl groups excluding tert-OH is 1. The van der Waals surface area contributed by atoms with Crippen molar-refractivity contribution in [1.29, 1.82) is 0 Å². The highest BCUT2D eigenvalue weighted by Crippen LogP contribution is 2.51. The van der Waals surface area contributed by atoms with Crippen LogP contribution in [0.5, 0.6) is 0 Å². The van der Waals surface area contributed by atoms with Gasteiger partial charge in [-0.2, -0.15) is 0 Å². The van der Waals surface area contributed by atoms with E-state index in [9.17, 15) is 24.6 Å². The Hall–Kier alpha value is -2.43. The van der Waals surface area contributed by atoms with Crippen molar-refractivity contribution < 1.29 is 24.6 Å². The molecule has 0 aromatic carbocycles. The molecule has 2 saturated heterocycles. The molecule has 10 heteroatoms. The molecule has 0 spiro atoms. The molecule has 1 aromatic heterocycles. The Balaban J connectivity index is 1.38. The molecule has 2 fully saturated rings. The average molecular weight is 447 g/mol. The van der Waals surface area contributed by atoms with E-state index in [4.69, 9.17) is 0 Å². The number of aromatic nitrogens is 1. The van der Waals surface area contributed by atoms with E-state index in [-0.39, 0.29) is 40.8 Å². The first-order valence-corrected chi connectivity index (χ1v) is 11.2. The first-order valence-electron chi connectivity index (χ1n) is 10.4. The second-order valence-corrected chi connectivity index (χ2v) is 9.65. The summed E-state index contributed by atoms with van der Waals surface area (Å²) in [6, 6.07) is 3.19. The lowest BCUT2D eigenvalue weighted by atomic mass is 9.79. The van der Waals surface area contributed by atoms with Gasteiger partial charge in [0.05, 0.1) is 23.6 Å². The van der Waals surface area contributed by atoms with Crippen molar-refractivity contribution >= 4 is 29.5 Å². The number of nitrogens with zero attached hydrogens (tertiary/aromatic N) is 2. The fraction of sp³-hybridized carbons (Fsp3) is 0.524. The molecule has 0 aliphatic carbocycles. The third-order valence-corrected chi connectivity index (χ3v) is 7.73. The van der Waals surface area contributed by atoms with Gasteiger partial charge in [-0.05, 0) is 25.5 Å². The van der Waals surface area contributed by atoms with Crippen molar-refractivity contribution in [3.8, 4) is 0 Å². The highest BCUT2D eigenvalue weighted by atomic mass is 32.2. The van der Waals surface area contributed by atoms with Crippen LogP contribution in [0.4, 0.5) is 0 Å². The van der Waals surface area contributed by atoms with Crippen LogP contribution in [-0.2, 0) is 9.59 Å². The monoisotopic (exact) mass is 446 g/mol. The minimum Gasteiger partial charge on any atom is -0.477 e. The summed E-state index contributed by atoms with van der Waals surface area (Å²) in [5, 5.41) is 26.1. The number of nitrogens with one attached hydrogen (secondary N) is 2. The van der Waals surface area contributed by atoms with Crippen LogP contribution in [0.25, 0.3) is 0 Å². The van der Waals surface area contributed by atoms with E-state index < -0.39 is 18.0 Å². The molecule has 166 valence electrons. The van der Waals surface area contributed by atoms with Crippen molar-refractivity contribution in [1.82, 2.24) is 20.5 Å². The Morgan fingerprint density at radius 3 is 2.87 bits per heavy atom. The number of carbonyl (C=O) groups excluding carboxylic acids is 2. The maximum Gasteiger partial charge on any atom is 0.353 e. The zero-order valence-electron chi connectivity index (χ0n) is 17.3. The summed E-state index contributed by atoms with van der Waals surface area (Å²) in [6.45, 7) is 4.64. The normalized spacial score (nSPS) is 30.7. The third kappa shape index (κ3) is 3.95. The first-order chi connectivity index (χ1) is 14.8. The maximum atomic E-state index is 12.4. The van der Waals surface area contributed by atoms with Gasteiger partial charge in [-0.15, -0.1) is 11.8 Å². The minimum absolute atomic E-state index is 0.0535. The van der Waals surface area contributed by atoms with Crippen molar-refractivity contribution in [2.75, 3.05) is 13.1 Å². The van der Waals surface area contributed by atoms with Gasteiger partial charge in [0.1, 0.15) is 5.70 Å². The molecule has 0 radical (unpaired) electrons. The lowest BCUT2D eigenvalue weighted by molar-refractivity contribution is -0.163. The molecule has 2 amide bonds. The van der Waals surface area contributed by atoms with Gasteiger partial charge in [0.15, 0.2) is 0 Å². The number of amides is 2. The first kappa shape index (κ1) is 21.8. The van der Waals surface area contributed by atoms with Crippen LogP contribution in [0.3, 0.4) is 0 Å². The zero-order chi connectivity index (χ0) is 22.3. The van der Waals surface area contributed by atoms with E-state index in [2.05, 4.69) is 15.6 Å². The summed E-state index contributed by atoms with van der Waals surface area (Å²) < 4.78 is 0. The summed E-state index contributed by atoms with van der Waals surface area (Å²) in [7, 11) is 0. The Morgan fingerprint density at radius 2 is 2.23 bits per heavy atom. The predicted octanol–water partition coefficient (Wildman–Crippen LogP) is 0.429. The fourth-order valence-corrected chi connectivity index (χ4v) is 6.22. The molecule has 3 aliphatic heterocycles. The zero-order valence-corrected chi connectivity index (χ0v) is 18.1. The van der Waals surface area contributed by atoms with Crippen LogP contribution in [-0.4, -0.2) is 74.4 Å². The van der Waals surface area contributed by atoms with E-state index in [1.54, 1.807) is 25.3 Å². The second-order valence-electron chi connectivity index (χ2n) is 8.30. The van der Waals surface area contributed by atoms with Crippen molar-refractivity contribution in [3.05, 3.63) is 40.7 Å². The molecule has 0 saturated carbocycles. The van der Waals surface area contributed by atoms with E-state index in [0.717, 1.165) is 6.42 Å². The molecule has 4 N–H and O–H groups in total. The molecule has 0 unspecified atom stereocenters. The molecule has 0 bridgehead atoms. The Morgan fingerprint density at radius 1 is 1.45 bits per heavy atom. The molecule has 9 nitrogen and oxygen atoms in total. The van der Waals surface area contributed by atoms with E-state index >= 15 is 0 Å². The molecular weight excluding hydrogens is 420 g/mol. The van der Waals surface area contributed by atoms with Crippen LogP contribution < -0.4 is 10.6 Å². The summed E-state index contributed by atoms with van der Waals surface area (Å²) in [6.07, 6.45) is 3.08. The molecule has 6 atom stereocenters. The van der Waals surface area contributed by atoms with Crippen LogP contribution >= 0.6 is 11.8 Å². The smallest absolute Gasteiger partial charge is 0.353 e. The number of hydrogen-bond acceptors (Lipinski definition) is 7. The second kappa shape index (κ2) is 8.60. The van der Waals surface area contributed by atoms with Crippen molar-refractivity contribution in [2.45, 2.75) is 43.7 Å². The predicted molar refractivity (Wildman–Crippen MR) is 114 cm³/mol. The molecule has 4 heterocycles. The van der Waals surface area contributed by atoms with Crippen LogP contribution in [0.1, 0.15) is 30.6 Å². The molecule has 31 heavy (non-hydrogen) atoms. The Kier molecular flexibility index (Phi) is 6.05. The van der Waals surface area contributed by atoms with Gasteiger partial charge in [-0.3, -0.25) is 14.6 Å². The largest absolute Gasteiger partial charge is 0.477 e.